The first-order chi connectivity index (χ1) is 14.1. The van der Waals surface area contributed by atoms with Gasteiger partial charge in [-0.1, -0.05) is 39.2 Å². The predicted octanol–water partition coefficient (Wildman–Crippen LogP) is 3.37. The van der Waals surface area contributed by atoms with E-state index in [9.17, 15) is 19.2 Å². The van der Waals surface area contributed by atoms with Crippen LogP contribution in [-0.2, 0) is 38.1 Å². The van der Waals surface area contributed by atoms with Gasteiger partial charge in [0.1, 0.15) is 0 Å². The number of esters is 4. The van der Waals surface area contributed by atoms with Crippen LogP contribution in [0.3, 0.4) is 0 Å². The van der Waals surface area contributed by atoms with Crippen LogP contribution in [0.15, 0.2) is 36.5 Å². The Balaban J connectivity index is 2.82. The van der Waals surface area contributed by atoms with Crippen molar-refractivity contribution in [3.63, 3.8) is 0 Å². The molecule has 4 atom stereocenters. The summed E-state index contributed by atoms with van der Waals surface area (Å²) in [5.74, 6) is -4.43. The monoisotopic (exact) mass is 422 g/mol. The standard InChI is InChI=1S/C22H30O8/c1-7-17(27-19(23)13(3)4)29-21(25)15-11-9-10-12-16(15)22(26)30-18(8-2)28-20(24)14(5)6/h9,11,15-18H,3,5,7-8,10,12H2,1-2,4,6H3. The number of ether oxygens (including phenoxy) is 4. The second-order valence-corrected chi connectivity index (χ2v) is 7.06. The van der Waals surface area contributed by atoms with Gasteiger partial charge >= 0.3 is 23.9 Å². The molecule has 0 saturated heterocycles. The summed E-state index contributed by atoms with van der Waals surface area (Å²) in [5.41, 5.74) is 0.361. The lowest BCUT2D eigenvalue weighted by molar-refractivity contribution is -0.197. The van der Waals surface area contributed by atoms with Crippen molar-refractivity contribution in [1.82, 2.24) is 0 Å². The Morgan fingerprint density at radius 1 is 0.867 bits per heavy atom. The first kappa shape index (κ1) is 25.1. The zero-order chi connectivity index (χ0) is 22.8. The minimum absolute atomic E-state index is 0.179. The highest BCUT2D eigenvalue weighted by Gasteiger charge is 2.38. The third-order valence-electron chi connectivity index (χ3n) is 4.33. The van der Waals surface area contributed by atoms with Gasteiger partial charge in [0.2, 0.25) is 12.6 Å². The molecule has 0 fully saturated rings. The van der Waals surface area contributed by atoms with Gasteiger partial charge < -0.3 is 18.9 Å². The lowest BCUT2D eigenvalue weighted by atomic mass is 9.84. The van der Waals surface area contributed by atoms with E-state index in [0.29, 0.717) is 12.8 Å². The molecule has 1 aliphatic carbocycles. The van der Waals surface area contributed by atoms with E-state index in [0.717, 1.165) is 0 Å². The van der Waals surface area contributed by atoms with E-state index in [1.165, 1.54) is 13.8 Å². The van der Waals surface area contributed by atoms with Crippen LogP contribution in [0, 0.1) is 11.8 Å². The largest absolute Gasteiger partial charge is 0.425 e. The van der Waals surface area contributed by atoms with Crippen molar-refractivity contribution in [3.8, 4) is 0 Å². The lowest BCUT2D eigenvalue weighted by Gasteiger charge is -2.27. The fraction of sp³-hybridized carbons (Fsp3) is 0.545. The summed E-state index contributed by atoms with van der Waals surface area (Å²) in [6.07, 6.45) is 2.61. The van der Waals surface area contributed by atoms with Gasteiger partial charge in [0.05, 0.1) is 11.8 Å². The molecule has 0 spiro atoms. The zero-order valence-corrected chi connectivity index (χ0v) is 18.0. The molecule has 0 N–H and O–H groups in total. The summed E-state index contributed by atoms with van der Waals surface area (Å²) >= 11 is 0. The summed E-state index contributed by atoms with van der Waals surface area (Å²) in [5, 5.41) is 0. The Morgan fingerprint density at radius 2 is 1.33 bits per heavy atom. The second-order valence-electron chi connectivity index (χ2n) is 7.06. The van der Waals surface area contributed by atoms with Crippen molar-refractivity contribution in [2.24, 2.45) is 11.8 Å². The molecule has 0 aromatic rings. The zero-order valence-electron chi connectivity index (χ0n) is 18.0. The molecule has 1 aliphatic rings. The molecule has 0 saturated carbocycles. The Labute approximate surface area is 176 Å². The summed E-state index contributed by atoms with van der Waals surface area (Å²) in [7, 11) is 0. The average molecular weight is 422 g/mol. The van der Waals surface area contributed by atoms with Crippen LogP contribution in [0.1, 0.15) is 53.4 Å². The fourth-order valence-electron chi connectivity index (χ4n) is 2.59. The maximum atomic E-state index is 12.7. The third-order valence-corrected chi connectivity index (χ3v) is 4.33. The molecule has 0 amide bonds. The molecular weight excluding hydrogens is 392 g/mol. The average Bonchev–Trinajstić information content (AvgIpc) is 2.71. The van der Waals surface area contributed by atoms with Crippen molar-refractivity contribution in [1.29, 1.82) is 0 Å². The van der Waals surface area contributed by atoms with Gasteiger partial charge in [0.15, 0.2) is 0 Å². The van der Waals surface area contributed by atoms with Crippen LogP contribution in [0.2, 0.25) is 0 Å². The van der Waals surface area contributed by atoms with Crippen LogP contribution in [0.4, 0.5) is 0 Å². The molecule has 30 heavy (non-hydrogen) atoms. The quantitative estimate of drug-likeness (QED) is 0.228. The van der Waals surface area contributed by atoms with Crippen molar-refractivity contribution in [2.45, 2.75) is 66.0 Å². The Kier molecular flexibility index (Phi) is 10.0. The Bertz CT molecular complexity index is 721. The maximum absolute atomic E-state index is 12.7. The van der Waals surface area contributed by atoms with Crippen molar-refractivity contribution < 1.29 is 38.1 Å². The van der Waals surface area contributed by atoms with Crippen molar-refractivity contribution in [2.75, 3.05) is 0 Å². The molecule has 0 aliphatic heterocycles. The van der Waals surface area contributed by atoms with E-state index >= 15 is 0 Å². The van der Waals surface area contributed by atoms with Gasteiger partial charge in [-0.2, -0.15) is 0 Å². The van der Waals surface area contributed by atoms with Crippen LogP contribution < -0.4 is 0 Å². The molecule has 4 unspecified atom stereocenters. The lowest BCUT2D eigenvalue weighted by Crippen LogP contribution is -2.37. The summed E-state index contributed by atoms with van der Waals surface area (Å²) in [4.78, 5) is 48.7. The number of carbonyl (C=O) groups excluding carboxylic acids is 4. The van der Waals surface area contributed by atoms with Crippen LogP contribution >= 0.6 is 0 Å². The predicted molar refractivity (Wildman–Crippen MR) is 108 cm³/mol. The molecule has 0 aromatic carbocycles. The molecular formula is C22H30O8. The fourth-order valence-corrected chi connectivity index (χ4v) is 2.59. The molecule has 0 aromatic heterocycles. The van der Waals surface area contributed by atoms with Crippen LogP contribution in [0.25, 0.3) is 0 Å². The van der Waals surface area contributed by atoms with Gasteiger partial charge in [-0.15, -0.1) is 0 Å². The Hall–Kier alpha value is -2.90. The Morgan fingerprint density at radius 3 is 1.77 bits per heavy atom. The maximum Gasteiger partial charge on any atom is 0.336 e. The minimum atomic E-state index is -1.09. The number of allylic oxidation sites excluding steroid dienone is 1. The number of carbonyl (C=O) groups is 4. The summed E-state index contributed by atoms with van der Waals surface area (Å²) < 4.78 is 20.8. The van der Waals surface area contributed by atoms with Gasteiger partial charge in [0, 0.05) is 24.0 Å². The van der Waals surface area contributed by atoms with Crippen LogP contribution in [-0.4, -0.2) is 36.5 Å². The van der Waals surface area contributed by atoms with Gasteiger partial charge in [-0.25, -0.2) is 9.59 Å². The van der Waals surface area contributed by atoms with E-state index in [4.69, 9.17) is 18.9 Å². The molecule has 0 bridgehead atoms. The van der Waals surface area contributed by atoms with E-state index in [2.05, 4.69) is 13.2 Å². The minimum Gasteiger partial charge on any atom is -0.425 e. The van der Waals surface area contributed by atoms with E-state index in [1.54, 1.807) is 26.0 Å². The molecule has 8 nitrogen and oxygen atoms in total. The number of rotatable bonds is 10. The van der Waals surface area contributed by atoms with Gasteiger partial charge in [-0.3, -0.25) is 9.59 Å². The van der Waals surface area contributed by atoms with E-state index in [1.807, 2.05) is 0 Å². The van der Waals surface area contributed by atoms with Crippen molar-refractivity contribution in [3.05, 3.63) is 36.5 Å². The SMILES string of the molecule is C=C(C)C(=O)OC(CC)OC(=O)C1C=CCCC1C(=O)OC(CC)OC(=O)C(=C)C. The first-order valence-electron chi connectivity index (χ1n) is 9.91. The molecule has 0 radical (unpaired) electrons. The summed E-state index contributed by atoms with van der Waals surface area (Å²) in [6, 6.07) is 0. The highest BCUT2D eigenvalue weighted by molar-refractivity contribution is 5.88. The first-order valence-corrected chi connectivity index (χ1v) is 9.91. The summed E-state index contributed by atoms with van der Waals surface area (Å²) in [6.45, 7) is 13.3. The highest BCUT2D eigenvalue weighted by atomic mass is 16.7. The molecule has 166 valence electrons. The van der Waals surface area contributed by atoms with Gasteiger partial charge in [0.25, 0.3) is 0 Å². The van der Waals surface area contributed by atoms with Crippen molar-refractivity contribution >= 4 is 23.9 Å². The molecule has 0 heterocycles. The second kappa shape index (κ2) is 11.9. The topological polar surface area (TPSA) is 105 Å². The normalized spacial score (nSPS) is 19.7. The smallest absolute Gasteiger partial charge is 0.336 e. The highest BCUT2D eigenvalue weighted by Crippen LogP contribution is 2.29. The van der Waals surface area contributed by atoms with Crippen LogP contribution in [0.5, 0.6) is 0 Å². The number of hydrogen-bond acceptors (Lipinski definition) is 8. The van der Waals surface area contributed by atoms with E-state index < -0.39 is 48.3 Å². The molecule has 8 heteroatoms. The number of hydrogen-bond donors (Lipinski definition) is 0. The molecule has 1 rings (SSSR count). The van der Waals surface area contributed by atoms with Gasteiger partial charge in [-0.05, 0) is 26.7 Å². The third kappa shape index (κ3) is 7.50. The van der Waals surface area contributed by atoms with E-state index in [-0.39, 0.29) is 24.0 Å².